The maximum Gasteiger partial charge on any atom is 0.319 e. The highest BCUT2D eigenvalue weighted by molar-refractivity contribution is 6.32. The summed E-state index contributed by atoms with van der Waals surface area (Å²) in [6, 6.07) is 9.32. The molecule has 1 saturated heterocycles. The zero-order valence-corrected chi connectivity index (χ0v) is 18.9. The Labute approximate surface area is 188 Å². The quantitative estimate of drug-likeness (QED) is 0.683. The summed E-state index contributed by atoms with van der Waals surface area (Å²) in [4.78, 5) is 33.3. The molecule has 3 amide bonds. The van der Waals surface area contributed by atoms with E-state index in [2.05, 4.69) is 20.5 Å². The summed E-state index contributed by atoms with van der Waals surface area (Å²) in [5.41, 5.74) is 2.74. The summed E-state index contributed by atoms with van der Waals surface area (Å²) in [7, 11) is 0. The van der Waals surface area contributed by atoms with Crippen molar-refractivity contribution >= 4 is 35.0 Å². The molecule has 1 aromatic heterocycles. The number of anilines is 2. The summed E-state index contributed by atoms with van der Waals surface area (Å²) in [6.07, 6.45) is 3.57. The van der Waals surface area contributed by atoms with Crippen LogP contribution < -0.4 is 15.5 Å². The predicted octanol–water partition coefficient (Wildman–Crippen LogP) is 3.72. The Morgan fingerprint density at radius 1 is 1.06 bits per heavy atom. The van der Waals surface area contributed by atoms with Gasteiger partial charge in [-0.3, -0.25) is 4.79 Å². The molecular weight excluding hydrogens is 414 g/mol. The lowest BCUT2D eigenvalue weighted by molar-refractivity contribution is -0.131. The largest absolute Gasteiger partial charge is 0.353 e. The Bertz CT molecular complexity index is 898. The van der Waals surface area contributed by atoms with Crippen LogP contribution in [0, 0.1) is 0 Å². The van der Waals surface area contributed by atoms with Gasteiger partial charge in [0, 0.05) is 50.4 Å². The third-order valence-corrected chi connectivity index (χ3v) is 5.90. The van der Waals surface area contributed by atoms with Crippen molar-refractivity contribution in [2.24, 2.45) is 0 Å². The van der Waals surface area contributed by atoms with Crippen LogP contribution in [0.15, 0.2) is 36.5 Å². The first-order valence-electron chi connectivity index (χ1n) is 10.8. The van der Waals surface area contributed by atoms with E-state index in [1.54, 1.807) is 6.20 Å². The molecule has 7 nitrogen and oxygen atoms in total. The number of halogens is 1. The molecule has 8 heteroatoms. The highest BCUT2D eigenvalue weighted by Crippen LogP contribution is 2.29. The summed E-state index contributed by atoms with van der Waals surface area (Å²) < 4.78 is 0. The van der Waals surface area contributed by atoms with Crippen molar-refractivity contribution in [1.29, 1.82) is 0 Å². The van der Waals surface area contributed by atoms with Crippen LogP contribution in [-0.4, -0.2) is 54.5 Å². The first-order valence-corrected chi connectivity index (χ1v) is 11.2. The number of carbonyl (C=O) groups is 2. The first-order chi connectivity index (χ1) is 15.0. The van der Waals surface area contributed by atoms with Gasteiger partial charge < -0.3 is 20.4 Å². The zero-order chi connectivity index (χ0) is 22.2. The molecule has 0 saturated carbocycles. The van der Waals surface area contributed by atoms with Crippen molar-refractivity contribution in [2.45, 2.75) is 33.1 Å². The number of amides is 3. The minimum atomic E-state index is -0.320. The van der Waals surface area contributed by atoms with E-state index in [4.69, 9.17) is 11.6 Å². The number of aromatic nitrogens is 1. The minimum Gasteiger partial charge on any atom is -0.353 e. The molecule has 2 aromatic rings. The van der Waals surface area contributed by atoms with Crippen LogP contribution in [0.4, 0.5) is 16.3 Å². The molecule has 166 valence electrons. The van der Waals surface area contributed by atoms with Gasteiger partial charge in [0.15, 0.2) is 0 Å². The molecule has 1 aromatic carbocycles. The number of benzene rings is 1. The van der Waals surface area contributed by atoms with E-state index in [0.29, 0.717) is 18.1 Å². The fourth-order valence-electron chi connectivity index (χ4n) is 3.79. The maximum absolute atomic E-state index is 12.5. The van der Waals surface area contributed by atoms with Gasteiger partial charge in [0.2, 0.25) is 5.91 Å². The Kier molecular flexibility index (Phi) is 8.12. The maximum atomic E-state index is 12.5. The number of rotatable bonds is 7. The number of urea groups is 1. The Balaban J connectivity index is 1.45. The molecule has 0 spiro atoms. The average Bonchev–Trinajstić information content (AvgIpc) is 2.80. The molecule has 0 unspecified atom stereocenters. The number of pyridine rings is 1. The van der Waals surface area contributed by atoms with Crippen LogP contribution in [0.1, 0.15) is 31.4 Å². The van der Waals surface area contributed by atoms with Gasteiger partial charge in [0.1, 0.15) is 5.82 Å². The lowest BCUT2D eigenvalue weighted by Gasteiger charge is -2.35. The van der Waals surface area contributed by atoms with E-state index in [1.807, 2.05) is 49.1 Å². The number of piperazine rings is 1. The van der Waals surface area contributed by atoms with Gasteiger partial charge in [-0.1, -0.05) is 37.6 Å². The Morgan fingerprint density at radius 2 is 1.84 bits per heavy atom. The van der Waals surface area contributed by atoms with Crippen LogP contribution in [-0.2, 0) is 17.6 Å². The lowest BCUT2D eigenvalue weighted by Crippen LogP contribution is -2.49. The Morgan fingerprint density at radius 3 is 2.48 bits per heavy atom. The molecule has 0 atom stereocenters. The van der Waals surface area contributed by atoms with Gasteiger partial charge in [0.05, 0.1) is 5.69 Å². The summed E-state index contributed by atoms with van der Waals surface area (Å²) in [5.74, 6) is 0.985. The topological polar surface area (TPSA) is 77.6 Å². The number of aryl methyl sites for hydroxylation is 1. The lowest BCUT2D eigenvalue weighted by atomic mass is 10.0. The average molecular weight is 444 g/mol. The molecule has 2 heterocycles. The van der Waals surface area contributed by atoms with Crippen molar-refractivity contribution < 1.29 is 9.59 Å². The predicted molar refractivity (Wildman–Crippen MR) is 125 cm³/mol. The molecule has 1 fully saturated rings. The van der Waals surface area contributed by atoms with Crippen LogP contribution in [0.5, 0.6) is 0 Å². The van der Waals surface area contributed by atoms with Crippen molar-refractivity contribution in [1.82, 2.24) is 15.2 Å². The van der Waals surface area contributed by atoms with Gasteiger partial charge >= 0.3 is 6.03 Å². The van der Waals surface area contributed by atoms with Crippen LogP contribution in [0.2, 0.25) is 5.02 Å². The molecule has 1 aliphatic heterocycles. The van der Waals surface area contributed by atoms with Crippen LogP contribution in [0.3, 0.4) is 0 Å². The van der Waals surface area contributed by atoms with E-state index >= 15 is 0 Å². The second-order valence-corrected chi connectivity index (χ2v) is 7.86. The summed E-state index contributed by atoms with van der Waals surface area (Å²) in [6.45, 7) is 7.16. The highest BCUT2D eigenvalue weighted by Gasteiger charge is 2.21. The van der Waals surface area contributed by atoms with Crippen LogP contribution in [0.25, 0.3) is 0 Å². The second kappa shape index (κ2) is 11.0. The smallest absolute Gasteiger partial charge is 0.319 e. The molecule has 0 aliphatic carbocycles. The van der Waals surface area contributed by atoms with E-state index in [-0.39, 0.29) is 24.9 Å². The standard InChI is InChI=1S/C23H30ClN5O2/c1-3-17-8-9-19(24)18(4-2)22(17)27-23(31)26-12-10-21(30)29-15-13-28(14-16-29)20-7-5-6-11-25-20/h5-9,11H,3-4,10,12-16H2,1-2H3,(H2,26,27,31). The molecule has 0 bridgehead atoms. The third-order valence-electron chi connectivity index (χ3n) is 5.55. The summed E-state index contributed by atoms with van der Waals surface area (Å²) in [5, 5.41) is 6.37. The van der Waals surface area contributed by atoms with Gasteiger partial charge in [-0.05, 0) is 42.2 Å². The van der Waals surface area contributed by atoms with Crippen molar-refractivity contribution in [2.75, 3.05) is 42.9 Å². The highest BCUT2D eigenvalue weighted by atomic mass is 35.5. The third kappa shape index (κ3) is 5.88. The van der Waals surface area contributed by atoms with Crippen LogP contribution >= 0.6 is 11.6 Å². The van der Waals surface area contributed by atoms with Gasteiger partial charge in [-0.2, -0.15) is 0 Å². The summed E-state index contributed by atoms with van der Waals surface area (Å²) >= 11 is 6.29. The van der Waals surface area contributed by atoms with Gasteiger partial charge in [0.25, 0.3) is 0 Å². The monoisotopic (exact) mass is 443 g/mol. The fourth-order valence-corrected chi connectivity index (χ4v) is 4.08. The zero-order valence-electron chi connectivity index (χ0n) is 18.2. The van der Waals surface area contributed by atoms with E-state index in [1.165, 1.54) is 0 Å². The van der Waals surface area contributed by atoms with Crippen molar-refractivity contribution in [3.63, 3.8) is 0 Å². The second-order valence-electron chi connectivity index (χ2n) is 7.45. The fraction of sp³-hybridized carbons (Fsp3) is 0.435. The number of hydrogen-bond donors (Lipinski definition) is 2. The number of nitrogens with one attached hydrogen (secondary N) is 2. The normalized spacial score (nSPS) is 13.8. The molecule has 1 aliphatic rings. The van der Waals surface area contributed by atoms with E-state index in [0.717, 1.165) is 48.6 Å². The van der Waals surface area contributed by atoms with Crippen molar-refractivity contribution in [3.8, 4) is 0 Å². The minimum absolute atomic E-state index is 0.0484. The van der Waals surface area contributed by atoms with Crippen molar-refractivity contribution in [3.05, 3.63) is 52.7 Å². The SMILES string of the molecule is CCc1ccc(Cl)c(CC)c1NC(=O)NCCC(=O)N1CCN(c2ccccn2)CC1. The molecule has 31 heavy (non-hydrogen) atoms. The number of nitrogens with zero attached hydrogens (tertiary/aromatic N) is 3. The molecule has 0 radical (unpaired) electrons. The van der Waals surface area contributed by atoms with Gasteiger partial charge in [-0.15, -0.1) is 0 Å². The number of hydrogen-bond acceptors (Lipinski definition) is 4. The molecular formula is C23H30ClN5O2. The van der Waals surface area contributed by atoms with E-state index in [9.17, 15) is 9.59 Å². The Hall–Kier alpha value is -2.80. The molecule has 2 N–H and O–H groups in total. The number of carbonyl (C=O) groups excluding carboxylic acids is 2. The van der Waals surface area contributed by atoms with E-state index < -0.39 is 0 Å². The van der Waals surface area contributed by atoms with Gasteiger partial charge in [-0.25, -0.2) is 9.78 Å². The molecule has 3 rings (SSSR count). The first kappa shape index (κ1) is 22.9.